The number of benzene rings is 1. The fraction of sp³-hybridized carbons (Fsp3) is 0.0714. The summed E-state index contributed by atoms with van der Waals surface area (Å²) in [6, 6.07) is 6.53. The number of H-pyrrole nitrogens is 2. The molecule has 3 rings (SSSR count). The summed E-state index contributed by atoms with van der Waals surface area (Å²) in [6.07, 6.45) is 1.56. The van der Waals surface area contributed by atoms with Crippen LogP contribution < -0.4 is 11.0 Å². The Balaban J connectivity index is 2.08. The predicted octanol–water partition coefficient (Wildman–Crippen LogP) is 2.00. The number of carbonyl (C=O) groups is 1. The smallest absolute Gasteiger partial charge is 0.335 e. The molecule has 0 radical (unpaired) electrons. The second kappa shape index (κ2) is 4.78. The third-order valence-corrected chi connectivity index (χ3v) is 3.18. The fourth-order valence-electron chi connectivity index (χ4n) is 2.07. The van der Waals surface area contributed by atoms with Crippen LogP contribution in [-0.2, 0) is 0 Å². The third-order valence-electron chi connectivity index (χ3n) is 3.18. The zero-order valence-electron chi connectivity index (χ0n) is 11.1. The van der Waals surface area contributed by atoms with E-state index in [-0.39, 0.29) is 11.3 Å². The second-order valence-corrected chi connectivity index (χ2v) is 4.62. The van der Waals surface area contributed by atoms with Crippen LogP contribution >= 0.6 is 0 Å². The molecule has 0 bridgehead atoms. The quantitative estimate of drug-likeness (QED) is 0.588. The average Bonchev–Trinajstić information content (AvgIpc) is 2.82. The molecule has 7 nitrogen and oxygen atoms in total. The van der Waals surface area contributed by atoms with Crippen molar-refractivity contribution >= 4 is 28.5 Å². The van der Waals surface area contributed by atoms with Crippen molar-refractivity contribution in [1.29, 1.82) is 0 Å². The lowest BCUT2D eigenvalue weighted by Crippen LogP contribution is -2.01. The molecule has 21 heavy (non-hydrogen) atoms. The Hall–Kier alpha value is -3.09. The van der Waals surface area contributed by atoms with Gasteiger partial charge in [-0.05, 0) is 30.7 Å². The molecule has 2 aromatic heterocycles. The molecule has 3 aromatic rings. The van der Waals surface area contributed by atoms with Gasteiger partial charge in [-0.1, -0.05) is 6.07 Å². The van der Waals surface area contributed by atoms with E-state index < -0.39 is 5.97 Å². The first-order valence-corrected chi connectivity index (χ1v) is 6.22. The van der Waals surface area contributed by atoms with Gasteiger partial charge in [-0.15, -0.1) is 0 Å². The molecular formula is C14H12N4O3. The predicted molar refractivity (Wildman–Crippen MR) is 78.1 cm³/mol. The van der Waals surface area contributed by atoms with E-state index in [1.165, 1.54) is 0 Å². The minimum atomic E-state index is -0.993. The number of aromatic nitrogens is 3. The van der Waals surface area contributed by atoms with E-state index in [0.717, 1.165) is 5.56 Å². The molecule has 4 N–H and O–H groups in total. The molecule has 1 aromatic carbocycles. The van der Waals surface area contributed by atoms with Crippen molar-refractivity contribution in [1.82, 2.24) is 15.0 Å². The Bertz CT molecular complexity index is 895. The molecule has 0 saturated carbocycles. The number of aromatic amines is 2. The van der Waals surface area contributed by atoms with E-state index in [2.05, 4.69) is 20.3 Å². The molecule has 0 fully saturated rings. The van der Waals surface area contributed by atoms with Gasteiger partial charge in [0.15, 0.2) is 5.65 Å². The van der Waals surface area contributed by atoms with Crippen LogP contribution in [0.1, 0.15) is 15.9 Å². The topological polar surface area (TPSA) is 111 Å². The molecule has 0 amide bonds. The monoisotopic (exact) mass is 284 g/mol. The van der Waals surface area contributed by atoms with E-state index >= 15 is 0 Å². The van der Waals surface area contributed by atoms with Crippen molar-refractivity contribution < 1.29 is 9.90 Å². The van der Waals surface area contributed by atoms with Gasteiger partial charge in [0.2, 0.25) is 0 Å². The van der Waals surface area contributed by atoms with Crippen LogP contribution in [0.2, 0.25) is 0 Å². The van der Waals surface area contributed by atoms with E-state index in [1.54, 1.807) is 30.5 Å². The van der Waals surface area contributed by atoms with Crippen LogP contribution in [0.15, 0.2) is 35.3 Å². The summed E-state index contributed by atoms with van der Waals surface area (Å²) in [5.41, 5.74) is 3.02. The summed E-state index contributed by atoms with van der Waals surface area (Å²) in [7, 11) is 0. The Morgan fingerprint density at radius 2 is 2.05 bits per heavy atom. The highest BCUT2D eigenvalue weighted by Crippen LogP contribution is 2.25. The van der Waals surface area contributed by atoms with Crippen LogP contribution in [0, 0.1) is 6.92 Å². The number of pyridine rings is 1. The van der Waals surface area contributed by atoms with Gasteiger partial charge in [0.25, 0.3) is 0 Å². The lowest BCUT2D eigenvalue weighted by atomic mass is 10.1. The molecule has 106 valence electrons. The Kier molecular flexibility index (Phi) is 2.94. The SMILES string of the molecule is Cc1ccc(C(=O)O)cc1Nc1ccnc2[nH]c(=O)[nH]c12. The van der Waals surface area contributed by atoms with E-state index in [1.807, 2.05) is 6.92 Å². The van der Waals surface area contributed by atoms with Crippen LogP contribution in [0.25, 0.3) is 11.2 Å². The minimum Gasteiger partial charge on any atom is -0.478 e. The lowest BCUT2D eigenvalue weighted by Gasteiger charge is -2.11. The highest BCUT2D eigenvalue weighted by molar-refractivity contribution is 5.91. The largest absolute Gasteiger partial charge is 0.478 e. The summed E-state index contributed by atoms with van der Waals surface area (Å²) in [6.45, 7) is 1.87. The van der Waals surface area contributed by atoms with E-state index in [9.17, 15) is 9.59 Å². The number of imidazole rings is 1. The van der Waals surface area contributed by atoms with Crippen molar-refractivity contribution in [2.24, 2.45) is 0 Å². The van der Waals surface area contributed by atoms with E-state index in [4.69, 9.17) is 5.11 Å². The number of hydrogen-bond acceptors (Lipinski definition) is 4. The fourth-order valence-corrected chi connectivity index (χ4v) is 2.07. The maximum atomic E-state index is 11.3. The Labute approximate surface area is 118 Å². The van der Waals surface area contributed by atoms with Gasteiger partial charge in [0, 0.05) is 11.9 Å². The summed E-state index contributed by atoms with van der Waals surface area (Å²) < 4.78 is 0. The van der Waals surface area contributed by atoms with Crippen molar-refractivity contribution in [3.05, 3.63) is 52.1 Å². The first-order chi connectivity index (χ1) is 10.0. The van der Waals surface area contributed by atoms with Gasteiger partial charge in [-0.2, -0.15) is 0 Å². The number of aromatic carboxylic acids is 1. The summed E-state index contributed by atoms with van der Waals surface area (Å²) in [5, 5.41) is 12.2. The van der Waals surface area contributed by atoms with Crippen LogP contribution in [0.3, 0.4) is 0 Å². The molecular weight excluding hydrogens is 272 g/mol. The van der Waals surface area contributed by atoms with Gasteiger partial charge < -0.3 is 15.4 Å². The average molecular weight is 284 g/mol. The summed E-state index contributed by atoms with van der Waals surface area (Å²) in [4.78, 5) is 31.7. The number of nitrogens with zero attached hydrogens (tertiary/aromatic N) is 1. The van der Waals surface area contributed by atoms with Crippen LogP contribution in [0.5, 0.6) is 0 Å². The normalized spacial score (nSPS) is 10.7. The van der Waals surface area contributed by atoms with Gasteiger partial charge in [-0.25, -0.2) is 14.6 Å². The number of nitrogens with one attached hydrogen (secondary N) is 3. The number of fused-ring (bicyclic) bond motifs is 1. The lowest BCUT2D eigenvalue weighted by molar-refractivity contribution is 0.0697. The first-order valence-electron chi connectivity index (χ1n) is 6.22. The van der Waals surface area contributed by atoms with Crippen LogP contribution in [-0.4, -0.2) is 26.0 Å². The number of aryl methyl sites for hydroxylation is 1. The number of rotatable bonds is 3. The second-order valence-electron chi connectivity index (χ2n) is 4.62. The molecule has 7 heteroatoms. The van der Waals surface area contributed by atoms with Gasteiger partial charge in [0.1, 0.15) is 5.52 Å². The van der Waals surface area contributed by atoms with Crippen molar-refractivity contribution in [3.63, 3.8) is 0 Å². The molecule has 0 saturated heterocycles. The van der Waals surface area contributed by atoms with Gasteiger partial charge >= 0.3 is 11.7 Å². The zero-order chi connectivity index (χ0) is 15.0. The molecule has 0 aliphatic carbocycles. The third kappa shape index (κ3) is 2.36. The standard InChI is InChI=1S/C14H12N4O3/c1-7-2-3-8(13(19)20)6-10(7)16-9-4-5-15-12-11(9)17-14(21)18-12/h2-6H,1H3,(H,19,20)(H3,15,16,17,18,21). The van der Waals surface area contributed by atoms with Crippen molar-refractivity contribution in [2.75, 3.05) is 5.32 Å². The molecule has 0 aliphatic heterocycles. The molecule has 0 atom stereocenters. The highest BCUT2D eigenvalue weighted by Gasteiger charge is 2.09. The number of carboxylic acid groups (broad SMARTS) is 1. The first kappa shape index (κ1) is 12.9. The zero-order valence-corrected chi connectivity index (χ0v) is 11.1. The van der Waals surface area contributed by atoms with E-state index in [0.29, 0.717) is 22.5 Å². The summed E-state index contributed by atoms with van der Waals surface area (Å²) in [5.74, 6) is -0.993. The molecule has 0 spiro atoms. The van der Waals surface area contributed by atoms with Crippen molar-refractivity contribution in [3.8, 4) is 0 Å². The Morgan fingerprint density at radius 3 is 2.81 bits per heavy atom. The Morgan fingerprint density at radius 1 is 1.24 bits per heavy atom. The van der Waals surface area contributed by atoms with Crippen LogP contribution in [0.4, 0.5) is 11.4 Å². The maximum Gasteiger partial charge on any atom is 0.335 e. The van der Waals surface area contributed by atoms with Gasteiger partial charge in [-0.3, -0.25) is 4.98 Å². The molecule has 0 unspecified atom stereocenters. The van der Waals surface area contributed by atoms with Crippen molar-refractivity contribution in [2.45, 2.75) is 6.92 Å². The van der Waals surface area contributed by atoms with Gasteiger partial charge in [0.05, 0.1) is 11.3 Å². The maximum absolute atomic E-state index is 11.3. The number of carboxylic acids is 1. The number of hydrogen-bond donors (Lipinski definition) is 4. The summed E-state index contributed by atoms with van der Waals surface area (Å²) >= 11 is 0. The number of anilines is 2. The highest BCUT2D eigenvalue weighted by atomic mass is 16.4. The molecule has 0 aliphatic rings. The minimum absolute atomic E-state index is 0.191. The molecule has 2 heterocycles.